The Morgan fingerprint density at radius 3 is 2.86 bits per heavy atom. The van der Waals surface area contributed by atoms with Gasteiger partial charge in [0, 0.05) is 38.4 Å². The molecule has 162 valence electrons. The van der Waals surface area contributed by atoms with E-state index < -0.39 is 0 Å². The molecule has 2 aliphatic rings. The normalized spacial score (nSPS) is 20.4. The van der Waals surface area contributed by atoms with E-state index in [1.165, 1.54) is 0 Å². The van der Waals surface area contributed by atoms with Crippen molar-refractivity contribution in [2.24, 2.45) is 5.92 Å². The van der Waals surface area contributed by atoms with Gasteiger partial charge in [0.2, 0.25) is 0 Å². The van der Waals surface area contributed by atoms with Crippen LogP contribution in [0.4, 0.5) is 10.5 Å². The van der Waals surface area contributed by atoms with Gasteiger partial charge in [0.1, 0.15) is 0 Å². The standard InChI is InChI=1S/C22H35N3O4/c1-18(2)29-13-12-28-17-19-4-3-5-21(14-19)23-22(26)25-7-6-20(16-25)15-24-8-10-27-11-9-24/h3-5,14,18,20H,6-13,15-17H2,1-2H3,(H,23,26)/t20-/m0/s1. The predicted molar refractivity (Wildman–Crippen MR) is 113 cm³/mol. The number of rotatable bonds is 9. The summed E-state index contributed by atoms with van der Waals surface area (Å²) in [6.45, 7) is 12.0. The predicted octanol–water partition coefficient (Wildman–Crippen LogP) is 2.81. The lowest BCUT2D eigenvalue weighted by molar-refractivity contribution is 0.0143. The van der Waals surface area contributed by atoms with Gasteiger partial charge in [0.25, 0.3) is 0 Å². The van der Waals surface area contributed by atoms with Gasteiger partial charge in [-0.3, -0.25) is 4.90 Å². The number of anilines is 1. The summed E-state index contributed by atoms with van der Waals surface area (Å²) in [6, 6.07) is 7.84. The van der Waals surface area contributed by atoms with Gasteiger partial charge in [0.05, 0.1) is 39.1 Å². The Hall–Kier alpha value is -1.67. The minimum atomic E-state index is -0.0159. The van der Waals surface area contributed by atoms with Crippen molar-refractivity contribution in [3.63, 3.8) is 0 Å². The van der Waals surface area contributed by atoms with Gasteiger partial charge in [-0.05, 0) is 43.9 Å². The van der Waals surface area contributed by atoms with E-state index in [9.17, 15) is 4.79 Å². The zero-order chi connectivity index (χ0) is 20.5. The van der Waals surface area contributed by atoms with E-state index in [1.54, 1.807) is 0 Å². The number of amides is 2. The molecule has 7 heteroatoms. The molecule has 0 unspecified atom stereocenters. The minimum Gasteiger partial charge on any atom is -0.379 e. The largest absolute Gasteiger partial charge is 0.379 e. The van der Waals surface area contributed by atoms with Crippen LogP contribution in [0.2, 0.25) is 0 Å². The number of carbonyl (C=O) groups excluding carboxylic acids is 1. The molecular formula is C22H35N3O4. The molecule has 2 saturated heterocycles. The fraction of sp³-hybridized carbons (Fsp3) is 0.682. The van der Waals surface area contributed by atoms with E-state index in [1.807, 2.05) is 43.0 Å². The zero-order valence-corrected chi connectivity index (χ0v) is 17.8. The number of nitrogens with zero attached hydrogens (tertiary/aromatic N) is 2. The molecule has 0 radical (unpaired) electrons. The number of hydrogen-bond donors (Lipinski definition) is 1. The number of likely N-dealkylation sites (tertiary alicyclic amines) is 1. The van der Waals surface area contributed by atoms with E-state index in [4.69, 9.17) is 14.2 Å². The number of hydrogen-bond acceptors (Lipinski definition) is 5. The average molecular weight is 406 g/mol. The summed E-state index contributed by atoms with van der Waals surface area (Å²) in [5, 5.41) is 3.04. The lowest BCUT2D eigenvalue weighted by Gasteiger charge is -2.29. The fourth-order valence-corrected chi connectivity index (χ4v) is 3.79. The van der Waals surface area contributed by atoms with Crippen molar-refractivity contribution in [3.05, 3.63) is 29.8 Å². The molecule has 0 bridgehead atoms. The highest BCUT2D eigenvalue weighted by atomic mass is 16.5. The van der Waals surface area contributed by atoms with Crippen LogP contribution in [0.5, 0.6) is 0 Å². The third-order valence-electron chi connectivity index (χ3n) is 5.32. The van der Waals surface area contributed by atoms with Gasteiger partial charge < -0.3 is 24.4 Å². The molecule has 2 aliphatic heterocycles. The first kappa shape index (κ1) is 22.0. The third-order valence-corrected chi connectivity index (χ3v) is 5.32. The Morgan fingerprint density at radius 2 is 2.07 bits per heavy atom. The van der Waals surface area contributed by atoms with E-state index >= 15 is 0 Å². The molecule has 3 rings (SSSR count). The minimum absolute atomic E-state index is 0.0159. The Balaban J connectivity index is 1.39. The first-order chi connectivity index (χ1) is 14.1. The molecule has 0 aliphatic carbocycles. The molecule has 0 spiro atoms. The van der Waals surface area contributed by atoms with E-state index in [0.29, 0.717) is 25.7 Å². The number of carbonyl (C=O) groups is 1. The smallest absolute Gasteiger partial charge is 0.321 e. The maximum absolute atomic E-state index is 12.7. The molecule has 0 saturated carbocycles. The summed E-state index contributed by atoms with van der Waals surface area (Å²) in [6.07, 6.45) is 1.29. The molecule has 1 N–H and O–H groups in total. The number of urea groups is 1. The molecule has 2 fully saturated rings. The van der Waals surface area contributed by atoms with Gasteiger partial charge >= 0.3 is 6.03 Å². The fourth-order valence-electron chi connectivity index (χ4n) is 3.79. The van der Waals surface area contributed by atoms with Gasteiger partial charge in [-0.1, -0.05) is 12.1 Å². The van der Waals surface area contributed by atoms with E-state index in [2.05, 4.69) is 10.2 Å². The van der Waals surface area contributed by atoms with Crippen molar-refractivity contribution in [2.75, 3.05) is 64.5 Å². The van der Waals surface area contributed by atoms with Crippen LogP contribution in [-0.4, -0.2) is 81.1 Å². The van der Waals surface area contributed by atoms with Crippen molar-refractivity contribution >= 4 is 11.7 Å². The maximum atomic E-state index is 12.7. The van der Waals surface area contributed by atoms with Crippen molar-refractivity contribution in [1.82, 2.24) is 9.80 Å². The van der Waals surface area contributed by atoms with Crippen LogP contribution in [0.25, 0.3) is 0 Å². The highest BCUT2D eigenvalue weighted by molar-refractivity contribution is 5.89. The van der Waals surface area contributed by atoms with E-state index in [-0.39, 0.29) is 12.1 Å². The van der Waals surface area contributed by atoms with Crippen LogP contribution in [0.15, 0.2) is 24.3 Å². The molecule has 29 heavy (non-hydrogen) atoms. The van der Waals surface area contributed by atoms with Crippen LogP contribution in [0, 0.1) is 5.92 Å². The summed E-state index contributed by atoms with van der Waals surface area (Å²) < 4.78 is 16.5. The molecular weight excluding hydrogens is 370 g/mol. The lowest BCUT2D eigenvalue weighted by atomic mass is 10.1. The topological polar surface area (TPSA) is 63.3 Å². The van der Waals surface area contributed by atoms with Crippen LogP contribution in [0.1, 0.15) is 25.8 Å². The van der Waals surface area contributed by atoms with Crippen molar-refractivity contribution in [3.8, 4) is 0 Å². The molecule has 2 amide bonds. The van der Waals surface area contributed by atoms with Gasteiger partial charge in [-0.25, -0.2) is 4.79 Å². The SMILES string of the molecule is CC(C)OCCOCc1cccc(NC(=O)N2CC[C@@H](CN3CCOCC3)C2)c1. The number of morpholine rings is 1. The van der Waals surface area contributed by atoms with Crippen LogP contribution in [-0.2, 0) is 20.8 Å². The van der Waals surface area contributed by atoms with Gasteiger partial charge in [-0.15, -0.1) is 0 Å². The van der Waals surface area contributed by atoms with Crippen LogP contribution < -0.4 is 5.32 Å². The monoisotopic (exact) mass is 405 g/mol. The first-order valence-corrected chi connectivity index (χ1v) is 10.7. The Morgan fingerprint density at radius 1 is 1.24 bits per heavy atom. The Labute approximate surface area is 174 Å². The number of benzene rings is 1. The van der Waals surface area contributed by atoms with Crippen molar-refractivity contribution < 1.29 is 19.0 Å². The highest BCUT2D eigenvalue weighted by Crippen LogP contribution is 2.20. The molecule has 2 heterocycles. The average Bonchev–Trinajstić information content (AvgIpc) is 3.17. The second-order valence-corrected chi connectivity index (χ2v) is 8.12. The quantitative estimate of drug-likeness (QED) is 0.640. The molecule has 1 aromatic carbocycles. The number of nitrogens with one attached hydrogen (secondary N) is 1. The van der Waals surface area contributed by atoms with Crippen molar-refractivity contribution in [2.45, 2.75) is 33.0 Å². The summed E-state index contributed by atoms with van der Waals surface area (Å²) in [5.74, 6) is 0.548. The summed E-state index contributed by atoms with van der Waals surface area (Å²) in [4.78, 5) is 17.0. The van der Waals surface area contributed by atoms with Crippen LogP contribution >= 0.6 is 0 Å². The lowest BCUT2D eigenvalue weighted by Crippen LogP contribution is -2.40. The van der Waals surface area contributed by atoms with Crippen LogP contribution in [0.3, 0.4) is 0 Å². The number of ether oxygens (including phenoxy) is 3. The second-order valence-electron chi connectivity index (χ2n) is 8.12. The molecule has 1 atom stereocenters. The first-order valence-electron chi connectivity index (χ1n) is 10.7. The molecule has 7 nitrogen and oxygen atoms in total. The van der Waals surface area contributed by atoms with Gasteiger partial charge in [-0.2, -0.15) is 0 Å². The van der Waals surface area contributed by atoms with Gasteiger partial charge in [0.15, 0.2) is 0 Å². The Kier molecular flexibility index (Phi) is 8.73. The summed E-state index contributed by atoms with van der Waals surface area (Å²) >= 11 is 0. The maximum Gasteiger partial charge on any atom is 0.321 e. The highest BCUT2D eigenvalue weighted by Gasteiger charge is 2.28. The zero-order valence-electron chi connectivity index (χ0n) is 17.8. The van der Waals surface area contributed by atoms with Crippen molar-refractivity contribution in [1.29, 1.82) is 0 Å². The molecule has 0 aromatic heterocycles. The Bertz CT molecular complexity index is 634. The third kappa shape index (κ3) is 7.59. The summed E-state index contributed by atoms with van der Waals surface area (Å²) in [5.41, 5.74) is 1.85. The summed E-state index contributed by atoms with van der Waals surface area (Å²) in [7, 11) is 0. The second kappa shape index (κ2) is 11.5. The van der Waals surface area contributed by atoms with E-state index in [0.717, 1.165) is 63.6 Å². The molecule has 1 aromatic rings.